The molecule has 90 valence electrons. The molecule has 0 saturated carbocycles. The van der Waals surface area contributed by atoms with Crippen molar-refractivity contribution in [3.63, 3.8) is 0 Å². The lowest BCUT2D eigenvalue weighted by Gasteiger charge is -2.07. The fraction of sp³-hybridized carbons (Fsp3) is 0.182. The third-order valence-electron chi connectivity index (χ3n) is 2.11. The van der Waals surface area contributed by atoms with Crippen molar-refractivity contribution in [2.75, 3.05) is 5.32 Å². The molecule has 0 aliphatic carbocycles. The van der Waals surface area contributed by atoms with Crippen molar-refractivity contribution in [2.24, 2.45) is 0 Å². The van der Waals surface area contributed by atoms with E-state index in [0.29, 0.717) is 22.4 Å². The van der Waals surface area contributed by atoms with Crippen LogP contribution in [0, 0.1) is 6.92 Å². The molecule has 2 nitrogen and oxygen atoms in total. The lowest BCUT2D eigenvalue weighted by atomic mass is 10.4. The van der Waals surface area contributed by atoms with Gasteiger partial charge in [-0.3, -0.25) is 0 Å². The number of nitrogens with zero attached hydrogens (tertiary/aromatic N) is 1. The molecule has 6 heteroatoms. The van der Waals surface area contributed by atoms with Crippen molar-refractivity contribution in [2.45, 2.75) is 13.5 Å². The summed E-state index contributed by atoms with van der Waals surface area (Å²) < 4.78 is 0. The predicted molar refractivity (Wildman–Crippen MR) is 75.6 cm³/mol. The molecule has 0 amide bonds. The first-order chi connectivity index (χ1) is 8.06. The molecule has 0 aliphatic rings. The van der Waals surface area contributed by atoms with Crippen LogP contribution in [0.25, 0.3) is 0 Å². The average molecular weight is 308 g/mol. The Balaban J connectivity index is 2.11. The van der Waals surface area contributed by atoms with Gasteiger partial charge in [-0.2, -0.15) is 0 Å². The van der Waals surface area contributed by atoms with Gasteiger partial charge in [-0.1, -0.05) is 34.8 Å². The molecule has 0 fully saturated rings. The van der Waals surface area contributed by atoms with Crippen molar-refractivity contribution < 1.29 is 0 Å². The van der Waals surface area contributed by atoms with Crippen molar-refractivity contribution in [3.05, 3.63) is 43.2 Å². The van der Waals surface area contributed by atoms with Gasteiger partial charge in [0.15, 0.2) is 0 Å². The summed E-state index contributed by atoms with van der Waals surface area (Å²) in [5, 5.41) is 4.21. The maximum atomic E-state index is 6.01. The number of aromatic nitrogens is 1. The summed E-state index contributed by atoms with van der Waals surface area (Å²) in [4.78, 5) is 6.58. The number of aryl methyl sites for hydroxylation is 1. The Morgan fingerprint density at radius 3 is 2.65 bits per heavy atom. The molecule has 0 bridgehead atoms. The van der Waals surface area contributed by atoms with Gasteiger partial charge in [0.2, 0.25) is 0 Å². The second-order valence-corrected chi connectivity index (χ2v) is 6.00. The quantitative estimate of drug-likeness (QED) is 0.805. The Hall–Kier alpha value is -0.480. The van der Waals surface area contributed by atoms with Crippen LogP contribution < -0.4 is 5.32 Å². The molecular weight excluding hydrogens is 299 g/mol. The monoisotopic (exact) mass is 306 g/mol. The van der Waals surface area contributed by atoms with E-state index in [4.69, 9.17) is 34.8 Å². The van der Waals surface area contributed by atoms with E-state index in [2.05, 4.69) is 29.4 Å². The molecule has 0 spiro atoms. The third-order valence-corrected chi connectivity index (χ3v) is 4.07. The van der Waals surface area contributed by atoms with Crippen LogP contribution in [0.4, 0.5) is 5.82 Å². The van der Waals surface area contributed by atoms with Gasteiger partial charge in [-0.05, 0) is 25.1 Å². The van der Waals surface area contributed by atoms with Gasteiger partial charge in [-0.25, -0.2) is 4.98 Å². The Labute approximate surface area is 119 Å². The lowest BCUT2D eigenvalue weighted by molar-refractivity contribution is 1.14. The van der Waals surface area contributed by atoms with Gasteiger partial charge in [0, 0.05) is 9.75 Å². The summed E-state index contributed by atoms with van der Waals surface area (Å²) in [6, 6.07) is 5.73. The molecule has 0 aromatic carbocycles. The highest BCUT2D eigenvalue weighted by Gasteiger charge is 2.07. The minimum Gasteiger partial charge on any atom is -0.364 e. The van der Waals surface area contributed by atoms with Crippen LogP contribution in [0.15, 0.2) is 18.2 Å². The van der Waals surface area contributed by atoms with Crippen molar-refractivity contribution >= 4 is 52.0 Å². The summed E-state index contributed by atoms with van der Waals surface area (Å²) in [5.41, 5.74) is 0. The average Bonchev–Trinajstić information content (AvgIpc) is 2.68. The smallest absolute Gasteiger partial charge is 0.150 e. The first-order valence-electron chi connectivity index (χ1n) is 4.87. The first-order valence-corrected chi connectivity index (χ1v) is 6.82. The molecule has 2 aromatic heterocycles. The first kappa shape index (κ1) is 13.0. The Bertz CT molecular complexity index is 540. The zero-order valence-corrected chi connectivity index (χ0v) is 12.0. The molecule has 0 atom stereocenters. The standard InChI is InChI=1S/C11H9Cl3N2S/c1-6-2-3-7(17-6)5-15-11-9(13)4-8(12)10(14)16-11/h2-4H,5H2,1H3,(H,15,16). The van der Waals surface area contributed by atoms with Crippen LogP contribution in [0.1, 0.15) is 9.75 Å². The molecule has 0 unspecified atom stereocenters. The Morgan fingerprint density at radius 1 is 1.24 bits per heavy atom. The number of nitrogens with one attached hydrogen (secondary N) is 1. The molecule has 0 aliphatic heterocycles. The van der Waals surface area contributed by atoms with E-state index in [0.717, 1.165) is 0 Å². The lowest BCUT2D eigenvalue weighted by Crippen LogP contribution is -2.00. The molecule has 1 N–H and O–H groups in total. The fourth-order valence-corrected chi connectivity index (χ4v) is 2.71. The number of pyridine rings is 1. The van der Waals surface area contributed by atoms with Crippen LogP contribution in [0.2, 0.25) is 15.2 Å². The number of rotatable bonds is 3. The van der Waals surface area contributed by atoms with E-state index < -0.39 is 0 Å². The zero-order valence-electron chi connectivity index (χ0n) is 8.93. The van der Waals surface area contributed by atoms with Gasteiger partial charge in [0.1, 0.15) is 11.0 Å². The second-order valence-electron chi connectivity index (χ2n) is 3.46. The maximum absolute atomic E-state index is 6.01. The third kappa shape index (κ3) is 3.26. The van der Waals surface area contributed by atoms with Gasteiger partial charge in [-0.15, -0.1) is 11.3 Å². The topological polar surface area (TPSA) is 24.9 Å². The highest BCUT2D eigenvalue weighted by Crippen LogP contribution is 2.29. The van der Waals surface area contributed by atoms with Gasteiger partial charge < -0.3 is 5.32 Å². The molecule has 0 radical (unpaired) electrons. The highest BCUT2D eigenvalue weighted by molar-refractivity contribution is 7.11. The van der Waals surface area contributed by atoms with E-state index in [1.807, 2.05) is 0 Å². The van der Waals surface area contributed by atoms with E-state index in [-0.39, 0.29) is 5.15 Å². The van der Waals surface area contributed by atoms with Crippen molar-refractivity contribution in [1.29, 1.82) is 0 Å². The predicted octanol–water partition coefficient (Wildman–Crippen LogP) is 5.02. The number of hydrogen-bond acceptors (Lipinski definition) is 3. The molecule has 17 heavy (non-hydrogen) atoms. The minimum atomic E-state index is 0.251. The van der Waals surface area contributed by atoms with Crippen molar-refractivity contribution in [3.8, 4) is 0 Å². The van der Waals surface area contributed by atoms with Gasteiger partial charge in [0.05, 0.1) is 16.6 Å². The van der Waals surface area contributed by atoms with E-state index in [9.17, 15) is 0 Å². The Morgan fingerprint density at radius 2 is 2.00 bits per heavy atom. The number of thiophene rings is 1. The van der Waals surface area contributed by atoms with E-state index >= 15 is 0 Å². The normalized spacial score (nSPS) is 10.6. The van der Waals surface area contributed by atoms with Crippen LogP contribution in [-0.2, 0) is 6.54 Å². The largest absolute Gasteiger partial charge is 0.364 e. The zero-order chi connectivity index (χ0) is 12.4. The van der Waals surface area contributed by atoms with Crippen LogP contribution in [0.5, 0.6) is 0 Å². The Kier molecular flexibility index (Phi) is 4.15. The summed E-state index contributed by atoms with van der Waals surface area (Å²) >= 11 is 19.4. The summed E-state index contributed by atoms with van der Waals surface area (Å²) in [5.74, 6) is 0.548. The second kappa shape index (κ2) is 5.44. The van der Waals surface area contributed by atoms with Crippen LogP contribution >= 0.6 is 46.1 Å². The minimum absolute atomic E-state index is 0.251. The summed E-state index contributed by atoms with van der Waals surface area (Å²) in [6.07, 6.45) is 0. The maximum Gasteiger partial charge on any atom is 0.150 e. The van der Waals surface area contributed by atoms with Crippen molar-refractivity contribution in [1.82, 2.24) is 4.98 Å². The van der Waals surface area contributed by atoms with Gasteiger partial charge >= 0.3 is 0 Å². The highest BCUT2D eigenvalue weighted by atomic mass is 35.5. The van der Waals surface area contributed by atoms with Crippen LogP contribution in [0.3, 0.4) is 0 Å². The van der Waals surface area contributed by atoms with E-state index in [1.165, 1.54) is 9.75 Å². The number of halogens is 3. The molecule has 2 aromatic rings. The summed E-state index contributed by atoms with van der Waals surface area (Å²) in [7, 11) is 0. The molecule has 0 saturated heterocycles. The SMILES string of the molecule is Cc1ccc(CNc2nc(Cl)c(Cl)cc2Cl)s1. The van der Waals surface area contributed by atoms with Crippen LogP contribution in [-0.4, -0.2) is 4.98 Å². The molecule has 2 heterocycles. The van der Waals surface area contributed by atoms with E-state index in [1.54, 1.807) is 17.4 Å². The summed E-state index contributed by atoms with van der Waals surface area (Å²) in [6.45, 7) is 2.74. The molecular formula is C11H9Cl3N2S. The number of hydrogen-bond donors (Lipinski definition) is 1. The number of anilines is 1. The molecule has 2 rings (SSSR count). The fourth-order valence-electron chi connectivity index (χ4n) is 1.32. The van der Waals surface area contributed by atoms with Gasteiger partial charge in [0.25, 0.3) is 0 Å².